The van der Waals surface area contributed by atoms with E-state index in [-0.39, 0.29) is 5.91 Å². The number of benzene rings is 1. The van der Waals surface area contributed by atoms with E-state index in [9.17, 15) is 14.7 Å². The van der Waals surface area contributed by atoms with Crippen molar-refractivity contribution in [3.63, 3.8) is 0 Å². The second kappa shape index (κ2) is 7.59. The van der Waals surface area contributed by atoms with Crippen molar-refractivity contribution in [3.8, 4) is 0 Å². The molecule has 1 aliphatic carbocycles. The van der Waals surface area contributed by atoms with Gasteiger partial charge in [-0.05, 0) is 36.5 Å². The van der Waals surface area contributed by atoms with Crippen LogP contribution in [0, 0.1) is 5.92 Å². The van der Waals surface area contributed by atoms with Crippen molar-refractivity contribution < 1.29 is 14.7 Å². The van der Waals surface area contributed by atoms with Crippen LogP contribution in [0.15, 0.2) is 28.7 Å². The minimum Gasteiger partial charge on any atom is -0.480 e. The molecule has 1 aliphatic rings. The van der Waals surface area contributed by atoms with Gasteiger partial charge in [0.25, 0.3) is 0 Å². The van der Waals surface area contributed by atoms with E-state index >= 15 is 0 Å². The fourth-order valence-corrected chi connectivity index (χ4v) is 3.05. The van der Waals surface area contributed by atoms with Gasteiger partial charge in [0.05, 0.1) is 0 Å². The van der Waals surface area contributed by atoms with Crippen LogP contribution in [-0.4, -0.2) is 23.0 Å². The molecule has 21 heavy (non-hydrogen) atoms. The van der Waals surface area contributed by atoms with E-state index in [0.29, 0.717) is 18.8 Å². The Bertz CT molecular complexity index is 495. The van der Waals surface area contributed by atoms with E-state index in [1.165, 1.54) is 12.8 Å². The van der Waals surface area contributed by atoms with Crippen LogP contribution in [0.1, 0.15) is 37.7 Å². The summed E-state index contributed by atoms with van der Waals surface area (Å²) in [7, 11) is 0. The van der Waals surface area contributed by atoms with Gasteiger partial charge in [0.1, 0.15) is 6.04 Å². The van der Waals surface area contributed by atoms with Gasteiger partial charge in [-0.15, -0.1) is 0 Å². The van der Waals surface area contributed by atoms with E-state index in [0.717, 1.165) is 22.9 Å². The number of carboxylic acids is 1. The zero-order chi connectivity index (χ0) is 15.2. The molecule has 1 aromatic carbocycles. The van der Waals surface area contributed by atoms with Crippen molar-refractivity contribution in [2.24, 2.45) is 5.92 Å². The second-order valence-corrected chi connectivity index (χ2v) is 6.56. The van der Waals surface area contributed by atoms with E-state index in [4.69, 9.17) is 0 Å². The number of nitrogens with one attached hydrogen (secondary N) is 1. The first-order chi connectivity index (χ1) is 10.0. The van der Waals surface area contributed by atoms with Crippen molar-refractivity contribution in [2.75, 3.05) is 0 Å². The molecule has 0 unspecified atom stereocenters. The molecule has 0 aliphatic heterocycles. The van der Waals surface area contributed by atoms with Crippen LogP contribution in [0.2, 0.25) is 0 Å². The summed E-state index contributed by atoms with van der Waals surface area (Å²) in [5.41, 5.74) is 0.895. The standard InChI is InChI=1S/C16H20BrNO3/c17-13-7-5-12(6-8-13)9-14(16(20)21)18-15(19)10-11-3-1-2-4-11/h5-8,11,14H,1-4,9-10H2,(H,18,19)(H,20,21)/t14-/m1/s1. The molecule has 0 aromatic heterocycles. The first-order valence-corrected chi connectivity index (χ1v) is 8.10. The van der Waals surface area contributed by atoms with Gasteiger partial charge in [0.15, 0.2) is 0 Å². The van der Waals surface area contributed by atoms with Gasteiger partial charge in [0.2, 0.25) is 5.91 Å². The lowest BCUT2D eigenvalue weighted by atomic mass is 10.0. The topological polar surface area (TPSA) is 66.4 Å². The first kappa shape index (κ1) is 16.0. The van der Waals surface area contributed by atoms with Crippen LogP contribution in [0.5, 0.6) is 0 Å². The molecule has 0 heterocycles. The molecule has 0 radical (unpaired) electrons. The number of carbonyl (C=O) groups excluding carboxylic acids is 1. The highest BCUT2D eigenvalue weighted by molar-refractivity contribution is 9.10. The molecule has 2 N–H and O–H groups in total. The quantitative estimate of drug-likeness (QED) is 0.825. The number of carbonyl (C=O) groups is 2. The van der Waals surface area contributed by atoms with Gasteiger partial charge in [-0.3, -0.25) is 4.79 Å². The van der Waals surface area contributed by atoms with Gasteiger partial charge in [-0.1, -0.05) is 40.9 Å². The van der Waals surface area contributed by atoms with Crippen LogP contribution in [-0.2, 0) is 16.0 Å². The van der Waals surface area contributed by atoms with E-state index in [1.54, 1.807) is 0 Å². The molecule has 4 nitrogen and oxygen atoms in total. The van der Waals surface area contributed by atoms with Gasteiger partial charge in [-0.25, -0.2) is 4.79 Å². The third-order valence-corrected chi connectivity index (χ3v) is 4.46. The maximum atomic E-state index is 12.0. The van der Waals surface area contributed by atoms with Crippen LogP contribution in [0.25, 0.3) is 0 Å². The number of hydrogen-bond donors (Lipinski definition) is 2. The van der Waals surface area contributed by atoms with Crippen molar-refractivity contribution in [2.45, 2.75) is 44.6 Å². The summed E-state index contributed by atoms with van der Waals surface area (Å²) in [4.78, 5) is 23.3. The summed E-state index contributed by atoms with van der Waals surface area (Å²) in [6.07, 6.45) is 5.28. The maximum Gasteiger partial charge on any atom is 0.326 e. The highest BCUT2D eigenvalue weighted by Crippen LogP contribution is 2.27. The Morgan fingerprint density at radius 3 is 2.43 bits per heavy atom. The Kier molecular flexibility index (Phi) is 5.79. The van der Waals surface area contributed by atoms with Crippen molar-refractivity contribution in [3.05, 3.63) is 34.3 Å². The van der Waals surface area contributed by atoms with Crippen molar-refractivity contribution >= 4 is 27.8 Å². The zero-order valence-corrected chi connectivity index (χ0v) is 13.4. The number of aliphatic carboxylic acids is 1. The number of hydrogen-bond acceptors (Lipinski definition) is 2. The van der Waals surface area contributed by atoms with Gasteiger partial charge in [-0.2, -0.15) is 0 Å². The minimum atomic E-state index is -0.988. The molecule has 1 aromatic rings. The lowest BCUT2D eigenvalue weighted by Gasteiger charge is -2.16. The summed E-state index contributed by atoms with van der Waals surface area (Å²) in [6, 6.07) is 6.61. The molecule has 0 bridgehead atoms. The summed E-state index contributed by atoms with van der Waals surface area (Å²) in [5, 5.41) is 11.9. The van der Waals surface area contributed by atoms with Gasteiger partial charge in [0, 0.05) is 17.3 Å². The molecule has 1 fully saturated rings. The van der Waals surface area contributed by atoms with Crippen LogP contribution in [0.4, 0.5) is 0 Å². The molecule has 1 amide bonds. The number of carboxylic acid groups (broad SMARTS) is 1. The average Bonchev–Trinajstić information content (AvgIpc) is 2.93. The predicted molar refractivity (Wildman–Crippen MR) is 84.0 cm³/mol. The van der Waals surface area contributed by atoms with Gasteiger partial charge >= 0.3 is 5.97 Å². The Hall–Kier alpha value is -1.36. The predicted octanol–water partition coefficient (Wildman–Crippen LogP) is 3.14. The molecule has 1 saturated carbocycles. The van der Waals surface area contributed by atoms with E-state index < -0.39 is 12.0 Å². The molecule has 2 rings (SSSR count). The lowest BCUT2D eigenvalue weighted by Crippen LogP contribution is -2.42. The van der Waals surface area contributed by atoms with E-state index in [2.05, 4.69) is 21.2 Å². The highest BCUT2D eigenvalue weighted by atomic mass is 79.9. The highest BCUT2D eigenvalue weighted by Gasteiger charge is 2.23. The Morgan fingerprint density at radius 2 is 1.86 bits per heavy atom. The summed E-state index contributed by atoms with van der Waals surface area (Å²) >= 11 is 3.34. The molecule has 114 valence electrons. The largest absolute Gasteiger partial charge is 0.480 e. The Morgan fingerprint density at radius 1 is 1.24 bits per heavy atom. The first-order valence-electron chi connectivity index (χ1n) is 7.31. The maximum absolute atomic E-state index is 12.0. The monoisotopic (exact) mass is 353 g/mol. The molecular weight excluding hydrogens is 334 g/mol. The van der Waals surface area contributed by atoms with Crippen molar-refractivity contribution in [1.29, 1.82) is 0 Å². The minimum absolute atomic E-state index is 0.147. The van der Waals surface area contributed by atoms with Crippen molar-refractivity contribution in [1.82, 2.24) is 5.32 Å². The second-order valence-electron chi connectivity index (χ2n) is 5.64. The summed E-state index contributed by atoms with van der Waals surface area (Å²) < 4.78 is 0.948. The average molecular weight is 354 g/mol. The van der Waals surface area contributed by atoms with Crippen LogP contribution < -0.4 is 5.32 Å². The SMILES string of the molecule is O=C(CC1CCCC1)N[C@H](Cc1ccc(Br)cc1)C(=O)O. The molecule has 0 saturated heterocycles. The molecule has 1 atom stereocenters. The van der Waals surface area contributed by atoms with Crippen LogP contribution >= 0.6 is 15.9 Å². The Balaban J connectivity index is 1.90. The molecule has 5 heteroatoms. The number of halogens is 1. The normalized spacial score (nSPS) is 16.6. The van der Waals surface area contributed by atoms with E-state index in [1.807, 2.05) is 24.3 Å². The third kappa shape index (κ3) is 5.16. The fraction of sp³-hybridized carbons (Fsp3) is 0.500. The smallest absolute Gasteiger partial charge is 0.326 e. The van der Waals surface area contributed by atoms with Crippen LogP contribution in [0.3, 0.4) is 0 Å². The third-order valence-electron chi connectivity index (χ3n) is 3.94. The Labute approximate surface area is 133 Å². The number of amides is 1. The zero-order valence-electron chi connectivity index (χ0n) is 11.8. The summed E-state index contributed by atoms with van der Waals surface area (Å²) in [5.74, 6) is -0.712. The summed E-state index contributed by atoms with van der Waals surface area (Å²) in [6.45, 7) is 0. The lowest BCUT2D eigenvalue weighted by molar-refractivity contribution is -0.141. The van der Waals surface area contributed by atoms with Gasteiger partial charge < -0.3 is 10.4 Å². The molecular formula is C16H20BrNO3. The fourth-order valence-electron chi connectivity index (χ4n) is 2.79. The number of rotatable bonds is 6. The molecule has 0 spiro atoms.